The molecule has 0 bridgehead atoms. The molecule has 0 heterocycles. The van der Waals surface area contributed by atoms with E-state index in [0.717, 1.165) is 25.1 Å². The summed E-state index contributed by atoms with van der Waals surface area (Å²) in [7, 11) is 0. The first kappa shape index (κ1) is 14.2. The van der Waals surface area contributed by atoms with Crippen LogP contribution < -0.4 is 5.32 Å². The summed E-state index contributed by atoms with van der Waals surface area (Å²) in [6.07, 6.45) is 0.899. The lowest BCUT2D eigenvalue weighted by Gasteiger charge is -2.25. The minimum absolute atomic E-state index is 0.145. The Labute approximate surface area is 104 Å². The topological polar surface area (TPSA) is 12.0 Å². The van der Waals surface area contributed by atoms with Crippen molar-refractivity contribution in [2.24, 2.45) is 11.3 Å². The molecule has 0 fully saturated rings. The zero-order valence-electron chi connectivity index (χ0n) is 11.4. The van der Waals surface area contributed by atoms with Crippen molar-refractivity contribution >= 4 is 0 Å². The molecule has 17 heavy (non-hydrogen) atoms. The van der Waals surface area contributed by atoms with Gasteiger partial charge in [0.05, 0.1) is 0 Å². The van der Waals surface area contributed by atoms with Gasteiger partial charge in [-0.2, -0.15) is 0 Å². The van der Waals surface area contributed by atoms with Gasteiger partial charge in [-0.05, 0) is 42.0 Å². The van der Waals surface area contributed by atoms with E-state index in [4.69, 9.17) is 0 Å². The highest BCUT2D eigenvalue weighted by atomic mass is 19.1. The molecule has 2 heteroatoms. The van der Waals surface area contributed by atoms with Crippen LogP contribution in [0.2, 0.25) is 0 Å². The fourth-order valence-corrected chi connectivity index (χ4v) is 1.96. The summed E-state index contributed by atoms with van der Waals surface area (Å²) in [5.74, 6) is 0.522. The van der Waals surface area contributed by atoms with Gasteiger partial charge in [0.1, 0.15) is 5.82 Å². The summed E-state index contributed by atoms with van der Waals surface area (Å²) in [6.45, 7) is 10.8. The largest absolute Gasteiger partial charge is 0.316 e. The maximum atomic E-state index is 13.1. The van der Waals surface area contributed by atoms with Crippen molar-refractivity contribution in [3.8, 4) is 0 Å². The molecule has 0 atom stereocenters. The Morgan fingerprint density at radius 1 is 1.29 bits per heavy atom. The maximum Gasteiger partial charge on any atom is 0.123 e. The zero-order valence-corrected chi connectivity index (χ0v) is 11.4. The number of benzene rings is 1. The van der Waals surface area contributed by atoms with Crippen molar-refractivity contribution in [1.82, 2.24) is 5.32 Å². The Bertz CT molecular complexity index is 345. The second kappa shape index (κ2) is 6.15. The molecule has 1 aromatic carbocycles. The van der Waals surface area contributed by atoms with E-state index in [-0.39, 0.29) is 11.2 Å². The molecule has 0 aromatic heterocycles. The van der Waals surface area contributed by atoms with Crippen LogP contribution in [0, 0.1) is 17.2 Å². The van der Waals surface area contributed by atoms with Gasteiger partial charge in [0, 0.05) is 6.54 Å². The van der Waals surface area contributed by atoms with Crippen molar-refractivity contribution in [3.63, 3.8) is 0 Å². The van der Waals surface area contributed by atoms with E-state index in [0.29, 0.717) is 5.92 Å². The number of halogens is 1. The molecule has 0 aliphatic rings. The average Bonchev–Trinajstić information content (AvgIpc) is 2.15. The van der Waals surface area contributed by atoms with E-state index < -0.39 is 0 Å². The van der Waals surface area contributed by atoms with Gasteiger partial charge >= 0.3 is 0 Å². The van der Waals surface area contributed by atoms with Crippen LogP contribution in [0.4, 0.5) is 4.39 Å². The second-order valence-corrected chi connectivity index (χ2v) is 6.00. The molecular formula is C15H24FN. The Kier molecular flexibility index (Phi) is 5.13. The number of nitrogens with one attached hydrogen (secondary N) is 1. The van der Waals surface area contributed by atoms with Gasteiger partial charge in [-0.1, -0.05) is 39.8 Å². The molecule has 1 rings (SSSR count). The third-order valence-corrected chi connectivity index (χ3v) is 2.73. The second-order valence-electron chi connectivity index (χ2n) is 6.00. The van der Waals surface area contributed by atoms with Gasteiger partial charge in [0.25, 0.3) is 0 Å². The Morgan fingerprint density at radius 3 is 2.59 bits per heavy atom. The molecule has 0 radical (unpaired) electrons. The first-order valence-electron chi connectivity index (χ1n) is 6.34. The lowest BCUT2D eigenvalue weighted by atomic mass is 9.85. The van der Waals surface area contributed by atoms with Crippen LogP contribution in [0.15, 0.2) is 24.3 Å². The fraction of sp³-hybridized carbons (Fsp3) is 0.600. The van der Waals surface area contributed by atoms with Crippen LogP contribution in [0.3, 0.4) is 0 Å². The molecule has 0 saturated carbocycles. The number of hydrogen-bond acceptors (Lipinski definition) is 1. The number of rotatable bonds is 6. The predicted octanol–water partition coefficient (Wildman–Crippen LogP) is 3.64. The minimum atomic E-state index is -0.145. The van der Waals surface area contributed by atoms with Gasteiger partial charge in [0.15, 0.2) is 0 Å². The maximum absolute atomic E-state index is 13.1. The van der Waals surface area contributed by atoms with Gasteiger partial charge in [-0.25, -0.2) is 4.39 Å². The highest BCUT2D eigenvalue weighted by molar-refractivity contribution is 5.17. The van der Waals surface area contributed by atoms with Gasteiger partial charge < -0.3 is 5.32 Å². The lowest BCUT2D eigenvalue weighted by molar-refractivity contribution is 0.330. The SMILES string of the molecule is CC(C)CNCC(C)(C)Cc1cccc(F)c1. The summed E-state index contributed by atoms with van der Waals surface area (Å²) in [5.41, 5.74) is 1.23. The first-order valence-corrected chi connectivity index (χ1v) is 6.34. The van der Waals surface area contributed by atoms with Crippen molar-refractivity contribution in [1.29, 1.82) is 0 Å². The van der Waals surface area contributed by atoms with Crippen molar-refractivity contribution < 1.29 is 4.39 Å². The van der Waals surface area contributed by atoms with E-state index in [1.807, 2.05) is 6.07 Å². The molecule has 0 saturated heterocycles. The monoisotopic (exact) mass is 237 g/mol. The standard InChI is InChI=1S/C15H24FN/c1-12(2)10-17-11-15(3,4)9-13-6-5-7-14(16)8-13/h5-8,12,17H,9-11H2,1-4H3. The Morgan fingerprint density at radius 2 is 2.00 bits per heavy atom. The quantitative estimate of drug-likeness (QED) is 0.796. The summed E-state index contributed by atoms with van der Waals surface area (Å²) < 4.78 is 13.1. The van der Waals surface area contributed by atoms with Crippen LogP contribution in [0.1, 0.15) is 33.3 Å². The average molecular weight is 237 g/mol. The highest BCUT2D eigenvalue weighted by Gasteiger charge is 2.18. The molecule has 0 unspecified atom stereocenters. The van der Waals surface area contributed by atoms with E-state index in [2.05, 4.69) is 33.0 Å². The molecule has 0 aliphatic carbocycles. The molecule has 0 spiro atoms. The first-order chi connectivity index (χ1) is 7.89. The normalized spacial score (nSPS) is 12.1. The van der Waals surface area contributed by atoms with Gasteiger partial charge in [-0.15, -0.1) is 0 Å². The lowest BCUT2D eigenvalue weighted by Crippen LogP contribution is -2.33. The van der Waals surface area contributed by atoms with Crippen molar-refractivity contribution in [2.45, 2.75) is 34.1 Å². The molecule has 96 valence electrons. The summed E-state index contributed by atoms with van der Waals surface area (Å²) >= 11 is 0. The molecule has 1 N–H and O–H groups in total. The zero-order chi connectivity index (χ0) is 12.9. The summed E-state index contributed by atoms with van der Waals surface area (Å²) in [6, 6.07) is 6.90. The van der Waals surface area contributed by atoms with Crippen LogP contribution >= 0.6 is 0 Å². The Balaban J connectivity index is 2.48. The van der Waals surface area contributed by atoms with Crippen molar-refractivity contribution in [2.75, 3.05) is 13.1 Å². The van der Waals surface area contributed by atoms with Crippen LogP contribution in [0.25, 0.3) is 0 Å². The minimum Gasteiger partial charge on any atom is -0.316 e. The molecular weight excluding hydrogens is 213 g/mol. The summed E-state index contributed by atoms with van der Waals surface area (Å²) in [4.78, 5) is 0. The van der Waals surface area contributed by atoms with E-state index >= 15 is 0 Å². The van der Waals surface area contributed by atoms with Gasteiger partial charge in [-0.3, -0.25) is 0 Å². The van der Waals surface area contributed by atoms with Crippen LogP contribution in [-0.4, -0.2) is 13.1 Å². The summed E-state index contributed by atoms with van der Waals surface area (Å²) in [5, 5.41) is 3.47. The third-order valence-electron chi connectivity index (χ3n) is 2.73. The highest BCUT2D eigenvalue weighted by Crippen LogP contribution is 2.21. The molecule has 0 aliphatic heterocycles. The van der Waals surface area contributed by atoms with Crippen LogP contribution in [-0.2, 0) is 6.42 Å². The van der Waals surface area contributed by atoms with E-state index in [1.54, 1.807) is 12.1 Å². The van der Waals surface area contributed by atoms with E-state index in [1.165, 1.54) is 6.07 Å². The number of hydrogen-bond donors (Lipinski definition) is 1. The third kappa shape index (κ3) is 5.83. The predicted molar refractivity (Wildman–Crippen MR) is 71.6 cm³/mol. The van der Waals surface area contributed by atoms with Crippen LogP contribution in [0.5, 0.6) is 0 Å². The molecule has 0 amide bonds. The molecule has 1 nitrogen and oxygen atoms in total. The Hall–Kier alpha value is -0.890. The van der Waals surface area contributed by atoms with Crippen molar-refractivity contribution in [3.05, 3.63) is 35.6 Å². The smallest absolute Gasteiger partial charge is 0.123 e. The molecule has 1 aromatic rings. The fourth-order valence-electron chi connectivity index (χ4n) is 1.96. The van der Waals surface area contributed by atoms with E-state index in [9.17, 15) is 4.39 Å². The van der Waals surface area contributed by atoms with Gasteiger partial charge in [0.2, 0.25) is 0 Å².